The number of carboxylic acid groups (broad SMARTS) is 1. The van der Waals surface area contributed by atoms with Crippen molar-refractivity contribution in [2.24, 2.45) is 0 Å². The molecule has 4 heterocycles. The van der Waals surface area contributed by atoms with Gasteiger partial charge in [-0.2, -0.15) is 13.2 Å². The highest BCUT2D eigenvalue weighted by atomic mass is 32.1. The number of piperazine rings is 1. The average molecular weight is 521 g/mol. The first-order valence-electron chi connectivity index (χ1n) is 10.9. The van der Waals surface area contributed by atoms with Crippen LogP contribution < -0.4 is 9.64 Å². The SMILES string of the molecule is COc1cccc(-c2cnc3c(N4CCN(Cc5nccs5)CC4)nccn23)c1.O=C(O)C(F)(F)F. The molecule has 0 aliphatic carbocycles. The second-order valence-electron chi connectivity index (χ2n) is 7.81. The van der Waals surface area contributed by atoms with E-state index in [1.807, 2.05) is 48.4 Å². The van der Waals surface area contributed by atoms with Gasteiger partial charge in [-0.25, -0.2) is 19.7 Å². The number of thiazole rings is 1. The third kappa shape index (κ3) is 5.91. The lowest BCUT2D eigenvalue weighted by Crippen LogP contribution is -2.46. The quantitative estimate of drug-likeness (QED) is 0.425. The molecule has 1 saturated heterocycles. The van der Waals surface area contributed by atoms with Gasteiger partial charge in [-0.15, -0.1) is 11.3 Å². The van der Waals surface area contributed by atoms with E-state index in [0.717, 1.165) is 61.2 Å². The van der Waals surface area contributed by atoms with Crippen molar-refractivity contribution in [3.05, 3.63) is 59.4 Å². The number of aromatic nitrogens is 4. The second kappa shape index (κ2) is 10.9. The Balaban J connectivity index is 0.000000384. The zero-order valence-electron chi connectivity index (χ0n) is 19.2. The standard InChI is InChI=1S/C21H22N6OS.C2HF3O2/c1-28-17-4-2-3-16(13-17)18-14-24-21-20(23-5-7-27(18)21)26-10-8-25(9-11-26)15-19-22-6-12-29-19;3-2(4,5)1(6)7/h2-7,12-14H,8-11,15H2,1H3;(H,6,7). The molecule has 1 fully saturated rings. The number of imidazole rings is 1. The Morgan fingerprint density at radius 3 is 2.53 bits per heavy atom. The summed E-state index contributed by atoms with van der Waals surface area (Å²) in [6.45, 7) is 4.77. The molecule has 1 aliphatic heterocycles. The van der Waals surface area contributed by atoms with Crippen molar-refractivity contribution in [1.29, 1.82) is 0 Å². The van der Waals surface area contributed by atoms with Crippen LogP contribution in [0.1, 0.15) is 5.01 Å². The highest BCUT2D eigenvalue weighted by molar-refractivity contribution is 7.09. The van der Waals surface area contributed by atoms with Crippen LogP contribution in [0, 0.1) is 0 Å². The normalized spacial score (nSPS) is 14.4. The van der Waals surface area contributed by atoms with Crippen LogP contribution in [0.5, 0.6) is 5.75 Å². The molecule has 0 unspecified atom stereocenters. The average Bonchev–Trinajstić information content (AvgIpc) is 3.54. The summed E-state index contributed by atoms with van der Waals surface area (Å²) in [5.41, 5.74) is 2.99. The van der Waals surface area contributed by atoms with Gasteiger partial charge in [0.25, 0.3) is 0 Å². The fourth-order valence-corrected chi connectivity index (χ4v) is 4.42. The highest BCUT2D eigenvalue weighted by Crippen LogP contribution is 2.28. The third-order valence-corrected chi connectivity index (χ3v) is 6.30. The number of halogens is 3. The Hall–Kier alpha value is -3.71. The molecule has 0 saturated carbocycles. The van der Waals surface area contributed by atoms with E-state index in [0.29, 0.717) is 0 Å². The van der Waals surface area contributed by atoms with Gasteiger partial charge in [0.1, 0.15) is 10.8 Å². The number of hydrogen-bond acceptors (Lipinski definition) is 8. The fraction of sp³-hybridized carbons (Fsp3) is 0.304. The number of anilines is 1. The summed E-state index contributed by atoms with van der Waals surface area (Å²) in [6.07, 6.45) is 2.53. The monoisotopic (exact) mass is 520 g/mol. The van der Waals surface area contributed by atoms with Crippen molar-refractivity contribution in [1.82, 2.24) is 24.3 Å². The molecule has 1 N–H and O–H groups in total. The molecular formula is C23H23F3N6O3S. The number of benzene rings is 1. The molecule has 0 radical (unpaired) electrons. The van der Waals surface area contributed by atoms with E-state index in [2.05, 4.69) is 30.2 Å². The van der Waals surface area contributed by atoms with Crippen LogP contribution in [0.15, 0.2) is 54.4 Å². The molecule has 190 valence electrons. The molecule has 0 atom stereocenters. The van der Waals surface area contributed by atoms with Crippen LogP contribution in [0.25, 0.3) is 16.9 Å². The minimum absolute atomic E-state index is 0.836. The number of hydrogen-bond donors (Lipinski definition) is 1. The number of nitrogens with zero attached hydrogens (tertiary/aromatic N) is 6. The van der Waals surface area contributed by atoms with Crippen LogP contribution in [0.2, 0.25) is 0 Å². The van der Waals surface area contributed by atoms with Crippen LogP contribution >= 0.6 is 11.3 Å². The van der Waals surface area contributed by atoms with Gasteiger partial charge in [0.2, 0.25) is 0 Å². The molecule has 0 bridgehead atoms. The second-order valence-corrected chi connectivity index (χ2v) is 8.79. The molecule has 9 nitrogen and oxygen atoms in total. The van der Waals surface area contributed by atoms with E-state index in [9.17, 15) is 13.2 Å². The highest BCUT2D eigenvalue weighted by Gasteiger charge is 2.38. The minimum Gasteiger partial charge on any atom is -0.497 e. The topological polar surface area (TPSA) is 96.1 Å². The van der Waals surface area contributed by atoms with Gasteiger partial charge in [-0.1, -0.05) is 12.1 Å². The first-order chi connectivity index (χ1) is 17.3. The van der Waals surface area contributed by atoms with Crippen molar-refractivity contribution in [3.63, 3.8) is 0 Å². The number of alkyl halides is 3. The zero-order chi connectivity index (χ0) is 25.7. The number of rotatable bonds is 5. The van der Waals surface area contributed by atoms with Gasteiger partial charge in [0.05, 0.1) is 25.5 Å². The minimum atomic E-state index is -5.08. The Morgan fingerprint density at radius 2 is 1.89 bits per heavy atom. The van der Waals surface area contributed by atoms with Crippen molar-refractivity contribution < 1.29 is 27.8 Å². The summed E-state index contributed by atoms with van der Waals surface area (Å²) in [7, 11) is 1.68. The lowest BCUT2D eigenvalue weighted by atomic mass is 10.1. The van der Waals surface area contributed by atoms with E-state index >= 15 is 0 Å². The number of fused-ring (bicyclic) bond motifs is 1. The van der Waals surface area contributed by atoms with Gasteiger partial charge in [-0.05, 0) is 12.1 Å². The lowest BCUT2D eigenvalue weighted by Gasteiger charge is -2.34. The van der Waals surface area contributed by atoms with E-state index in [4.69, 9.17) is 19.6 Å². The Kier molecular flexibility index (Phi) is 7.70. The first-order valence-corrected chi connectivity index (χ1v) is 11.8. The molecule has 1 aliphatic rings. The van der Waals surface area contributed by atoms with E-state index in [-0.39, 0.29) is 0 Å². The molecule has 1 aromatic carbocycles. The molecule has 0 amide bonds. The Bertz CT molecular complexity index is 1300. The zero-order valence-corrected chi connectivity index (χ0v) is 20.0. The summed E-state index contributed by atoms with van der Waals surface area (Å²) < 4.78 is 39.2. The van der Waals surface area contributed by atoms with Crippen LogP contribution in [-0.2, 0) is 11.3 Å². The predicted octanol–water partition coefficient (Wildman–Crippen LogP) is 3.82. The van der Waals surface area contributed by atoms with Gasteiger partial charge in [-0.3, -0.25) is 9.30 Å². The van der Waals surface area contributed by atoms with Crippen LogP contribution in [0.4, 0.5) is 19.0 Å². The largest absolute Gasteiger partial charge is 0.497 e. The van der Waals surface area contributed by atoms with Crippen molar-refractivity contribution in [2.45, 2.75) is 12.7 Å². The van der Waals surface area contributed by atoms with E-state index in [1.165, 1.54) is 5.01 Å². The maximum atomic E-state index is 10.6. The van der Waals surface area contributed by atoms with Gasteiger partial charge < -0.3 is 14.7 Å². The number of methoxy groups -OCH3 is 1. The molecule has 4 aromatic rings. The van der Waals surface area contributed by atoms with Crippen LogP contribution in [-0.4, -0.2) is 74.8 Å². The molecule has 36 heavy (non-hydrogen) atoms. The summed E-state index contributed by atoms with van der Waals surface area (Å²) >= 11 is 1.72. The maximum Gasteiger partial charge on any atom is 0.490 e. The Labute approximate surface area is 208 Å². The summed E-state index contributed by atoms with van der Waals surface area (Å²) in [4.78, 5) is 27.4. The molecule has 0 spiro atoms. The maximum absolute atomic E-state index is 10.6. The molecule has 13 heteroatoms. The number of aliphatic carboxylic acids is 1. The molecule has 5 rings (SSSR count). The summed E-state index contributed by atoms with van der Waals surface area (Å²) in [5.74, 6) is -0.980. The van der Waals surface area contributed by atoms with Gasteiger partial charge in [0, 0.05) is 55.7 Å². The van der Waals surface area contributed by atoms with Crippen molar-refractivity contribution >= 4 is 28.8 Å². The van der Waals surface area contributed by atoms with Gasteiger partial charge >= 0.3 is 12.1 Å². The number of carboxylic acids is 1. The third-order valence-electron chi connectivity index (χ3n) is 5.53. The Morgan fingerprint density at radius 1 is 1.14 bits per heavy atom. The predicted molar refractivity (Wildman–Crippen MR) is 128 cm³/mol. The summed E-state index contributed by atoms with van der Waals surface area (Å²) in [6, 6.07) is 8.05. The number of ether oxygens (including phenoxy) is 1. The molecule has 3 aromatic heterocycles. The number of carbonyl (C=O) groups is 1. The van der Waals surface area contributed by atoms with E-state index < -0.39 is 12.1 Å². The van der Waals surface area contributed by atoms with Crippen molar-refractivity contribution in [3.8, 4) is 17.0 Å². The van der Waals surface area contributed by atoms with E-state index in [1.54, 1.807) is 18.4 Å². The van der Waals surface area contributed by atoms with Gasteiger partial charge in [0.15, 0.2) is 11.5 Å². The molecular weight excluding hydrogens is 497 g/mol. The lowest BCUT2D eigenvalue weighted by molar-refractivity contribution is -0.192. The van der Waals surface area contributed by atoms with Crippen LogP contribution in [0.3, 0.4) is 0 Å². The van der Waals surface area contributed by atoms with Crippen molar-refractivity contribution in [2.75, 3.05) is 38.2 Å². The smallest absolute Gasteiger partial charge is 0.490 e. The first kappa shape index (κ1) is 25.4. The summed E-state index contributed by atoms with van der Waals surface area (Å²) in [5, 5.41) is 10.3. The fourth-order valence-electron chi connectivity index (χ4n) is 3.76.